The first-order valence-electron chi connectivity index (χ1n) is 5.98. The molecule has 0 aliphatic heterocycles. The molecule has 0 aromatic heterocycles. The number of ether oxygens (including phenoxy) is 1. The molecule has 0 aromatic rings. The van der Waals surface area contributed by atoms with Crippen molar-refractivity contribution in [2.45, 2.75) is 64.9 Å². The third-order valence-electron chi connectivity index (χ3n) is 3.15. The Labute approximate surface area is 87.0 Å². The minimum Gasteiger partial charge on any atom is -0.462 e. The molecule has 0 atom stereocenters. The molecule has 0 radical (unpaired) electrons. The summed E-state index contributed by atoms with van der Waals surface area (Å²) in [5.41, 5.74) is 0. The van der Waals surface area contributed by atoms with Crippen molar-refractivity contribution in [1.29, 1.82) is 0 Å². The highest BCUT2D eigenvalue weighted by atomic mass is 16.5. The Bertz CT molecular complexity index is 167. The van der Waals surface area contributed by atoms with E-state index in [0.717, 1.165) is 25.7 Å². The highest BCUT2D eigenvalue weighted by molar-refractivity contribution is 5.72. The third-order valence-corrected chi connectivity index (χ3v) is 3.15. The van der Waals surface area contributed by atoms with E-state index in [1.54, 1.807) is 0 Å². The van der Waals surface area contributed by atoms with E-state index in [1.807, 2.05) is 0 Å². The zero-order valence-electron chi connectivity index (χ0n) is 9.42. The smallest absolute Gasteiger partial charge is 0.309 e. The summed E-state index contributed by atoms with van der Waals surface area (Å²) >= 11 is 0. The van der Waals surface area contributed by atoms with E-state index < -0.39 is 0 Å². The van der Waals surface area contributed by atoms with Crippen molar-refractivity contribution in [2.75, 3.05) is 0 Å². The predicted molar refractivity (Wildman–Crippen MR) is 57.0 cm³/mol. The minimum absolute atomic E-state index is 0.0295. The molecule has 0 amide bonds. The van der Waals surface area contributed by atoms with Gasteiger partial charge in [0.05, 0.1) is 5.92 Å². The molecule has 1 fully saturated rings. The van der Waals surface area contributed by atoms with Crippen LogP contribution in [0.3, 0.4) is 0 Å². The highest BCUT2D eigenvalue weighted by Gasteiger charge is 2.21. The number of hydrogen-bond donors (Lipinski definition) is 0. The molecule has 1 saturated carbocycles. The molecule has 0 saturated heterocycles. The molecule has 0 N–H and O–H groups in total. The quantitative estimate of drug-likeness (QED) is 0.648. The van der Waals surface area contributed by atoms with Gasteiger partial charge in [-0.25, -0.2) is 0 Å². The second-order valence-corrected chi connectivity index (χ2v) is 4.21. The van der Waals surface area contributed by atoms with Crippen molar-refractivity contribution in [2.24, 2.45) is 5.92 Å². The lowest BCUT2D eigenvalue weighted by Crippen LogP contribution is -2.25. The Kier molecular flexibility index (Phi) is 4.99. The van der Waals surface area contributed by atoms with Gasteiger partial charge in [-0.05, 0) is 38.5 Å². The van der Waals surface area contributed by atoms with E-state index >= 15 is 0 Å². The predicted octanol–water partition coefficient (Wildman–Crippen LogP) is 3.30. The van der Waals surface area contributed by atoms with Gasteiger partial charge < -0.3 is 4.74 Å². The van der Waals surface area contributed by atoms with Crippen LogP contribution >= 0.6 is 0 Å². The van der Waals surface area contributed by atoms with E-state index in [1.165, 1.54) is 19.3 Å². The van der Waals surface area contributed by atoms with Crippen LogP contribution in [0.5, 0.6) is 0 Å². The Morgan fingerprint density at radius 3 is 2.29 bits per heavy atom. The maximum atomic E-state index is 11.7. The molecule has 0 spiro atoms. The summed E-state index contributed by atoms with van der Waals surface area (Å²) in [6.45, 7) is 4.10. The van der Waals surface area contributed by atoms with Crippen molar-refractivity contribution in [3.8, 4) is 0 Å². The lowest BCUT2D eigenvalue weighted by molar-refractivity contribution is -0.155. The van der Waals surface area contributed by atoms with Crippen molar-refractivity contribution < 1.29 is 9.53 Å². The normalized spacial score (nSPS) is 18.5. The van der Waals surface area contributed by atoms with E-state index in [9.17, 15) is 4.79 Å². The molecular formula is C12H22O2. The molecule has 1 rings (SSSR count). The standard InChI is InChI=1S/C12H22O2/c1-3-10(4-2)12(13)14-11-8-6-5-7-9-11/h10-11H,3-9H2,1-2H3. The van der Waals surface area contributed by atoms with Gasteiger partial charge in [-0.2, -0.15) is 0 Å². The largest absolute Gasteiger partial charge is 0.462 e. The SMILES string of the molecule is CCC(CC)C(=O)OC1CCCCC1. The molecule has 2 nitrogen and oxygen atoms in total. The first-order valence-corrected chi connectivity index (χ1v) is 5.98. The van der Waals surface area contributed by atoms with E-state index in [2.05, 4.69) is 13.8 Å². The van der Waals surface area contributed by atoms with Gasteiger partial charge in [-0.15, -0.1) is 0 Å². The van der Waals surface area contributed by atoms with Crippen LogP contribution in [0.2, 0.25) is 0 Å². The summed E-state index contributed by atoms with van der Waals surface area (Å²) in [4.78, 5) is 11.7. The number of carbonyl (C=O) groups is 1. The molecule has 0 heterocycles. The van der Waals surface area contributed by atoms with Crippen LogP contribution in [-0.4, -0.2) is 12.1 Å². The second-order valence-electron chi connectivity index (χ2n) is 4.21. The second kappa shape index (κ2) is 6.05. The van der Waals surface area contributed by atoms with E-state index in [-0.39, 0.29) is 18.0 Å². The van der Waals surface area contributed by atoms with Gasteiger partial charge in [0.25, 0.3) is 0 Å². The van der Waals surface area contributed by atoms with Gasteiger partial charge in [0.2, 0.25) is 0 Å². The Balaban J connectivity index is 2.30. The van der Waals surface area contributed by atoms with Gasteiger partial charge in [0, 0.05) is 0 Å². The fraction of sp³-hybridized carbons (Fsp3) is 0.917. The molecular weight excluding hydrogens is 176 g/mol. The van der Waals surface area contributed by atoms with Gasteiger partial charge in [-0.3, -0.25) is 4.79 Å². The van der Waals surface area contributed by atoms with Crippen LogP contribution in [0.25, 0.3) is 0 Å². The maximum absolute atomic E-state index is 11.7. The van der Waals surface area contributed by atoms with Crippen molar-refractivity contribution in [1.82, 2.24) is 0 Å². The summed E-state index contributed by atoms with van der Waals surface area (Å²) < 4.78 is 5.50. The average molecular weight is 198 g/mol. The fourth-order valence-corrected chi connectivity index (χ4v) is 2.07. The number of esters is 1. The Morgan fingerprint density at radius 2 is 1.79 bits per heavy atom. The zero-order valence-corrected chi connectivity index (χ0v) is 9.42. The molecule has 14 heavy (non-hydrogen) atoms. The highest BCUT2D eigenvalue weighted by Crippen LogP contribution is 2.22. The first-order chi connectivity index (χ1) is 6.77. The Hall–Kier alpha value is -0.530. The summed E-state index contributed by atoms with van der Waals surface area (Å²) in [6.07, 6.45) is 7.93. The summed E-state index contributed by atoms with van der Waals surface area (Å²) in [6, 6.07) is 0. The maximum Gasteiger partial charge on any atom is 0.309 e. The molecule has 0 unspecified atom stereocenters. The third kappa shape index (κ3) is 3.32. The summed E-state index contributed by atoms with van der Waals surface area (Å²) in [7, 11) is 0. The van der Waals surface area contributed by atoms with Gasteiger partial charge in [0.15, 0.2) is 0 Å². The number of carbonyl (C=O) groups excluding carboxylic acids is 1. The van der Waals surface area contributed by atoms with E-state index in [0.29, 0.717) is 0 Å². The van der Waals surface area contributed by atoms with Crippen LogP contribution < -0.4 is 0 Å². The first kappa shape index (κ1) is 11.5. The van der Waals surface area contributed by atoms with Crippen molar-refractivity contribution in [3.05, 3.63) is 0 Å². The minimum atomic E-state index is 0.0295. The van der Waals surface area contributed by atoms with Crippen LogP contribution in [0.15, 0.2) is 0 Å². The molecule has 0 aromatic carbocycles. The van der Waals surface area contributed by atoms with Gasteiger partial charge >= 0.3 is 5.97 Å². The van der Waals surface area contributed by atoms with Crippen LogP contribution in [0, 0.1) is 5.92 Å². The molecule has 82 valence electrons. The molecule has 2 heteroatoms. The Morgan fingerprint density at radius 1 is 1.21 bits per heavy atom. The van der Waals surface area contributed by atoms with Crippen molar-refractivity contribution >= 4 is 5.97 Å². The number of rotatable bonds is 4. The molecule has 1 aliphatic rings. The van der Waals surface area contributed by atoms with E-state index in [4.69, 9.17) is 4.74 Å². The lowest BCUT2D eigenvalue weighted by atomic mass is 9.97. The number of hydrogen-bond acceptors (Lipinski definition) is 2. The van der Waals surface area contributed by atoms with Gasteiger partial charge in [-0.1, -0.05) is 20.3 Å². The van der Waals surface area contributed by atoms with Crippen LogP contribution in [0.1, 0.15) is 58.8 Å². The summed E-state index contributed by atoms with van der Waals surface area (Å²) in [5.74, 6) is 0.152. The summed E-state index contributed by atoms with van der Waals surface area (Å²) in [5, 5.41) is 0. The molecule has 0 bridgehead atoms. The fourth-order valence-electron chi connectivity index (χ4n) is 2.07. The van der Waals surface area contributed by atoms with Crippen LogP contribution in [0.4, 0.5) is 0 Å². The lowest BCUT2D eigenvalue weighted by Gasteiger charge is -2.23. The van der Waals surface area contributed by atoms with Crippen LogP contribution in [-0.2, 0) is 9.53 Å². The monoisotopic (exact) mass is 198 g/mol. The zero-order chi connectivity index (χ0) is 10.4. The topological polar surface area (TPSA) is 26.3 Å². The average Bonchev–Trinajstić information content (AvgIpc) is 2.21. The van der Waals surface area contributed by atoms with Gasteiger partial charge in [0.1, 0.15) is 6.10 Å². The molecule has 1 aliphatic carbocycles. The van der Waals surface area contributed by atoms with Crippen molar-refractivity contribution in [3.63, 3.8) is 0 Å².